The first-order valence-electron chi connectivity index (χ1n) is 11.2. The van der Waals surface area contributed by atoms with Crippen LogP contribution < -0.4 is 9.47 Å². The predicted molar refractivity (Wildman–Crippen MR) is 128 cm³/mol. The molecule has 194 valence electrons. The van der Waals surface area contributed by atoms with Gasteiger partial charge < -0.3 is 39.4 Å². The molecule has 2 aromatic rings. The number of methoxy groups -OCH3 is 2. The van der Waals surface area contributed by atoms with E-state index < -0.39 is 22.4 Å². The number of hydrogen-bond donors (Lipinski definition) is 4. The van der Waals surface area contributed by atoms with Gasteiger partial charge in [-0.2, -0.15) is 0 Å². The van der Waals surface area contributed by atoms with E-state index in [0.29, 0.717) is 22.6 Å². The molecule has 0 saturated heterocycles. The van der Waals surface area contributed by atoms with E-state index in [1.807, 2.05) is 0 Å². The highest BCUT2D eigenvalue weighted by atomic mass is 16.7. The van der Waals surface area contributed by atoms with Gasteiger partial charge in [0.05, 0.1) is 39.6 Å². The van der Waals surface area contributed by atoms with Gasteiger partial charge in [0.2, 0.25) is 5.78 Å². The third kappa shape index (κ3) is 6.78. The summed E-state index contributed by atoms with van der Waals surface area (Å²) in [5.74, 6) is -1.15. The lowest BCUT2D eigenvalue weighted by Crippen LogP contribution is -2.40. The first kappa shape index (κ1) is 28.7. The maximum atomic E-state index is 13.4. The zero-order valence-corrected chi connectivity index (χ0v) is 20.7. The van der Waals surface area contributed by atoms with E-state index in [0.717, 1.165) is 0 Å². The smallest absolute Gasteiger partial charge is 0.260 e. The van der Waals surface area contributed by atoms with Crippen LogP contribution in [0.3, 0.4) is 0 Å². The van der Waals surface area contributed by atoms with Crippen molar-refractivity contribution in [1.82, 2.24) is 0 Å². The molecule has 0 bridgehead atoms. The second kappa shape index (κ2) is 12.4. The van der Waals surface area contributed by atoms with Crippen molar-refractivity contribution in [1.29, 1.82) is 0 Å². The van der Waals surface area contributed by atoms with E-state index in [1.165, 1.54) is 14.2 Å². The summed E-state index contributed by atoms with van der Waals surface area (Å²) in [7, 11) is 2.75. The summed E-state index contributed by atoms with van der Waals surface area (Å²) >= 11 is 0. The molecule has 9 nitrogen and oxygen atoms in total. The van der Waals surface area contributed by atoms with E-state index in [2.05, 4.69) is 0 Å². The molecule has 0 aliphatic carbocycles. The highest BCUT2D eigenvalue weighted by Gasteiger charge is 2.41. The minimum Gasteiger partial charge on any atom is -0.493 e. The Hall–Kier alpha value is -2.53. The summed E-state index contributed by atoms with van der Waals surface area (Å²) in [6.45, 7) is 2.73. The van der Waals surface area contributed by atoms with E-state index in [-0.39, 0.29) is 39.6 Å². The lowest BCUT2D eigenvalue weighted by Gasteiger charge is -2.30. The lowest BCUT2D eigenvalue weighted by molar-refractivity contribution is -0.176. The zero-order chi connectivity index (χ0) is 26.1. The normalized spacial score (nSPS) is 12.5. The largest absolute Gasteiger partial charge is 0.493 e. The van der Waals surface area contributed by atoms with Gasteiger partial charge in [-0.1, -0.05) is 13.8 Å². The summed E-state index contributed by atoms with van der Waals surface area (Å²) in [4.78, 5) is 13.4. The monoisotopic (exact) mass is 492 g/mol. The first-order valence-corrected chi connectivity index (χ1v) is 11.2. The molecule has 0 radical (unpaired) electrons. The van der Waals surface area contributed by atoms with Crippen molar-refractivity contribution in [3.63, 3.8) is 0 Å². The minimum atomic E-state index is -1.70. The number of aliphatic hydroxyl groups excluding tert-OH is 4. The number of carbonyl (C=O) groups is 1. The third-order valence-corrected chi connectivity index (χ3v) is 5.93. The molecule has 35 heavy (non-hydrogen) atoms. The molecule has 2 rings (SSSR count). The highest BCUT2D eigenvalue weighted by Crippen LogP contribution is 2.32. The number of ketones is 1. The van der Waals surface area contributed by atoms with Crippen LogP contribution in [-0.2, 0) is 15.3 Å². The van der Waals surface area contributed by atoms with Crippen molar-refractivity contribution in [3.8, 4) is 11.5 Å². The van der Waals surface area contributed by atoms with Crippen LogP contribution in [0.1, 0.15) is 29.8 Å². The SMILES string of the molecule is COC(OC)(C(=O)c1ccc(OCC(C)(CO)CO)cc1)c1ccc(OCC(C)(CO)CO)cc1. The van der Waals surface area contributed by atoms with Crippen LogP contribution in [0.5, 0.6) is 11.5 Å². The molecule has 4 N–H and O–H groups in total. The fraction of sp³-hybridized carbons (Fsp3) is 0.500. The van der Waals surface area contributed by atoms with Crippen LogP contribution >= 0.6 is 0 Å². The predicted octanol–water partition coefficient (Wildman–Crippen LogP) is 1.75. The van der Waals surface area contributed by atoms with Gasteiger partial charge in [0.25, 0.3) is 5.79 Å². The average molecular weight is 493 g/mol. The summed E-state index contributed by atoms with van der Waals surface area (Å²) in [5.41, 5.74) is -0.771. The maximum absolute atomic E-state index is 13.4. The molecular formula is C26H36O9. The number of benzene rings is 2. The Balaban J connectivity index is 2.19. The summed E-state index contributed by atoms with van der Waals surface area (Å²) in [6, 6.07) is 13.0. The lowest BCUT2D eigenvalue weighted by atomic mass is 9.94. The van der Waals surface area contributed by atoms with Gasteiger partial charge in [0.15, 0.2) is 0 Å². The molecule has 0 amide bonds. The Morgan fingerprint density at radius 3 is 1.40 bits per heavy atom. The zero-order valence-electron chi connectivity index (χ0n) is 20.7. The molecule has 0 spiro atoms. The second-order valence-electron chi connectivity index (χ2n) is 9.23. The first-order chi connectivity index (χ1) is 16.6. The number of rotatable bonds is 15. The van der Waals surface area contributed by atoms with E-state index in [9.17, 15) is 25.2 Å². The molecule has 0 aliphatic heterocycles. The molecule has 0 fully saturated rings. The summed E-state index contributed by atoms with van der Waals surface area (Å²) in [5, 5.41) is 37.6. The van der Waals surface area contributed by atoms with Gasteiger partial charge in [-0.05, 0) is 48.5 Å². The molecule has 2 aromatic carbocycles. The minimum absolute atomic E-state index is 0.109. The number of carbonyl (C=O) groups excluding carboxylic acids is 1. The molecule has 0 unspecified atom stereocenters. The average Bonchev–Trinajstić information content (AvgIpc) is 2.92. The molecule has 0 saturated carbocycles. The Labute approximate surface area is 205 Å². The van der Waals surface area contributed by atoms with E-state index >= 15 is 0 Å². The number of aliphatic hydroxyl groups is 4. The molecule has 0 atom stereocenters. The van der Waals surface area contributed by atoms with E-state index in [4.69, 9.17) is 18.9 Å². The molecule has 0 aliphatic rings. The number of ether oxygens (including phenoxy) is 4. The van der Waals surface area contributed by atoms with E-state index in [1.54, 1.807) is 62.4 Å². The molecular weight excluding hydrogens is 456 g/mol. The van der Waals surface area contributed by atoms with Gasteiger partial charge in [0, 0.05) is 36.2 Å². The van der Waals surface area contributed by atoms with Gasteiger partial charge in [0.1, 0.15) is 11.5 Å². The molecule has 9 heteroatoms. The Morgan fingerprint density at radius 2 is 1.06 bits per heavy atom. The van der Waals surface area contributed by atoms with Crippen LogP contribution in [0.2, 0.25) is 0 Å². The van der Waals surface area contributed by atoms with Crippen molar-refractivity contribution in [2.75, 3.05) is 53.9 Å². The Bertz CT molecular complexity index is 913. The Kier molecular flexibility index (Phi) is 10.2. The third-order valence-electron chi connectivity index (χ3n) is 5.93. The summed E-state index contributed by atoms with van der Waals surface area (Å²) in [6.07, 6.45) is 0. The quantitative estimate of drug-likeness (QED) is 0.217. The van der Waals surface area contributed by atoms with Crippen molar-refractivity contribution < 1.29 is 44.2 Å². The second-order valence-corrected chi connectivity index (χ2v) is 9.23. The van der Waals surface area contributed by atoms with Gasteiger partial charge >= 0.3 is 0 Å². The standard InChI is InChI=1S/C26H36O9/c1-24(13-27,14-28)17-34-21-9-5-19(6-10-21)23(31)26(32-3,33-4)20-7-11-22(12-8-20)35-18-25(2,15-29)16-30/h5-12,27-30H,13-18H2,1-4H3. The van der Waals surface area contributed by atoms with Crippen molar-refractivity contribution >= 4 is 5.78 Å². The van der Waals surface area contributed by atoms with Crippen LogP contribution in [0.15, 0.2) is 48.5 Å². The Morgan fingerprint density at radius 1 is 0.686 bits per heavy atom. The van der Waals surface area contributed by atoms with Crippen molar-refractivity contribution in [2.24, 2.45) is 10.8 Å². The number of hydrogen-bond acceptors (Lipinski definition) is 9. The fourth-order valence-corrected chi connectivity index (χ4v) is 3.10. The number of Topliss-reactive ketones (excluding diaryl/α,β-unsaturated/α-hetero) is 1. The maximum Gasteiger partial charge on any atom is 0.260 e. The van der Waals surface area contributed by atoms with Gasteiger partial charge in [-0.3, -0.25) is 4.79 Å². The van der Waals surface area contributed by atoms with Crippen LogP contribution in [0, 0.1) is 10.8 Å². The molecule has 0 aromatic heterocycles. The van der Waals surface area contributed by atoms with Crippen LogP contribution in [0.4, 0.5) is 0 Å². The van der Waals surface area contributed by atoms with Gasteiger partial charge in [-0.25, -0.2) is 0 Å². The van der Waals surface area contributed by atoms with Crippen molar-refractivity contribution in [2.45, 2.75) is 19.6 Å². The van der Waals surface area contributed by atoms with Gasteiger partial charge in [-0.15, -0.1) is 0 Å². The van der Waals surface area contributed by atoms with Crippen molar-refractivity contribution in [3.05, 3.63) is 59.7 Å². The summed E-state index contributed by atoms with van der Waals surface area (Å²) < 4.78 is 22.5. The molecule has 0 heterocycles. The fourth-order valence-electron chi connectivity index (χ4n) is 3.10. The topological polar surface area (TPSA) is 135 Å². The van der Waals surface area contributed by atoms with Crippen LogP contribution in [0.25, 0.3) is 0 Å². The van der Waals surface area contributed by atoms with Crippen LogP contribution in [-0.4, -0.2) is 80.1 Å². The highest BCUT2D eigenvalue weighted by molar-refractivity contribution is 6.02.